The highest BCUT2D eigenvalue weighted by molar-refractivity contribution is 9.10. The Hall–Kier alpha value is -2.08. The van der Waals surface area contributed by atoms with Crippen LogP contribution in [-0.4, -0.2) is 19.7 Å². The number of phenols is 1. The molecule has 0 fully saturated rings. The monoisotopic (exact) mass is 318 g/mol. The van der Waals surface area contributed by atoms with Crippen molar-refractivity contribution in [2.24, 2.45) is 0 Å². The number of nitrogens with one attached hydrogen (secondary N) is 1. The van der Waals surface area contributed by atoms with Gasteiger partial charge in [-0.25, -0.2) is 4.52 Å². The number of rotatable bonds is 3. The lowest BCUT2D eigenvalue weighted by Crippen LogP contribution is -2.00. The van der Waals surface area contributed by atoms with Crippen LogP contribution in [0.15, 0.2) is 47.1 Å². The first-order chi connectivity index (χ1) is 9.20. The second kappa shape index (κ2) is 4.89. The largest absolute Gasteiger partial charge is 0.508 e. The maximum absolute atomic E-state index is 9.21. The molecule has 5 nitrogen and oxygen atoms in total. The Kier molecular flexibility index (Phi) is 3.08. The molecule has 0 aliphatic heterocycles. The van der Waals surface area contributed by atoms with Crippen molar-refractivity contribution in [1.82, 2.24) is 14.6 Å². The van der Waals surface area contributed by atoms with Gasteiger partial charge in [0, 0.05) is 17.2 Å². The van der Waals surface area contributed by atoms with Crippen LogP contribution in [-0.2, 0) is 6.54 Å². The molecule has 96 valence electrons. The third-order valence-corrected chi connectivity index (χ3v) is 3.15. The van der Waals surface area contributed by atoms with Crippen molar-refractivity contribution in [2.75, 3.05) is 5.32 Å². The number of hydrogen-bond donors (Lipinski definition) is 2. The van der Waals surface area contributed by atoms with E-state index >= 15 is 0 Å². The number of aromatic hydroxyl groups is 1. The molecular formula is C13H11BrN4O. The summed E-state index contributed by atoms with van der Waals surface area (Å²) >= 11 is 3.39. The van der Waals surface area contributed by atoms with Crippen molar-refractivity contribution in [2.45, 2.75) is 6.54 Å². The second-order valence-electron chi connectivity index (χ2n) is 4.11. The minimum atomic E-state index is 0.263. The third kappa shape index (κ3) is 2.68. The molecule has 0 aliphatic carbocycles. The van der Waals surface area contributed by atoms with Gasteiger partial charge < -0.3 is 10.4 Å². The van der Waals surface area contributed by atoms with Crippen molar-refractivity contribution >= 4 is 27.5 Å². The van der Waals surface area contributed by atoms with E-state index in [0.717, 1.165) is 15.7 Å². The fourth-order valence-electron chi connectivity index (χ4n) is 1.73. The first kappa shape index (κ1) is 12.0. The van der Waals surface area contributed by atoms with Gasteiger partial charge >= 0.3 is 0 Å². The van der Waals surface area contributed by atoms with E-state index in [1.165, 1.54) is 0 Å². The molecule has 0 amide bonds. The highest BCUT2D eigenvalue weighted by Crippen LogP contribution is 2.13. The predicted molar refractivity (Wildman–Crippen MR) is 76.1 cm³/mol. The molecule has 0 spiro atoms. The van der Waals surface area contributed by atoms with Gasteiger partial charge in [0.05, 0.1) is 0 Å². The molecule has 1 aromatic carbocycles. The SMILES string of the molecule is Oc1ccc(CNc2nc3ccc(Br)cn3n2)cc1. The minimum absolute atomic E-state index is 0.263. The third-order valence-electron chi connectivity index (χ3n) is 2.68. The van der Waals surface area contributed by atoms with Gasteiger partial charge in [-0.05, 0) is 45.8 Å². The van der Waals surface area contributed by atoms with Gasteiger partial charge in [0.1, 0.15) is 5.75 Å². The summed E-state index contributed by atoms with van der Waals surface area (Å²) < 4.78 is 2.67. The first-order valence-corrected chi connectivity index (χ1v) is 6.54. The zero-order valence-corrected chi connectivity index (χ0v) is 11.5. The lowest BCUT2D eigenvalue weighted by Gasteiger charge is -2.01. The highest BCUT2D eigenvalue weighted by Gasteiger charge is 2.03. The standard InChI is InChI=1S/C13H11BrN4O/c14-10-3-6-12-16-13(17-18(12)8-10)15-7-9-1-4-11(19)5-2-9/h1-6,8,19H,7H2,(H,15,17). The summed E-state index contributed by atoms with van der Waals surface area (Å²) in [5.41, 5.74) is 1.84. The van der Waals surface area contributed by atoms with E-state index in [0.29, 0.717) is 12.5 Å². The average Bonchev–Trinajstić information content (AvgIpc) is 2.80. The highest BCUT2D eigenvalue weighted by atomic mass is 79.9. The van der Waals surface area contributed by atoms with Crippen LogP contribution in [0.5, 0.6) is 5.75 Å². The summed E-state index contributed by atoms with van der Waals surface area (Å²) in [7, 11) is 0. The van der Waals surface area contributed by atoms with Gasteiger partial charge in [0.15, 0.2) is 5.65 Å². The first-order valence-electron chi connectivity index (χ1n) is 5.74. The summed E-state index contributed by atoms with van der Waals surface area (Å²) in [6.45, 7) is 0.609. The van der Waals surface area contributed by atoms with Crippen LogP contribution in [0.1, 0.15) is 5.56 Å². The van der Waals surface area contributed by atoms with Crippen molar-refractivity contribution < 1.29 is 5.11 Å². The molecular weight excluding hydrogens is 308 g/mol. The molecule has 6 heteroatoms. The number of fused-ring (bicyclic) bond motifs is 1. The summed E-state index contributed by atoms with van der Waals surface area (Å²) in [6, 6.07) is 10.8. The number of nitrogens with zero attached hydrogens (tertiary/aromatic N) is 3. The molecule has 2 heterocycles. The van der Waals surface area contributed by atoms with E-state index in [1.54, 1.807) is 16.6 Å². The van der Waals surface area contributed by atoms with Crippen molar-refractivity contribution in [3.05, 3.63) is 52.6 Å². The molecule has 19 heavy (non-hydrogen) atoms. The quantitative estimate of drug-likeness (QED) is 0.779. The fourth-order valence-corrected chi connectivity index (χ4v) is 2.05. The van der Waals surface area contributed by atoms with E-state index in [-0.39, 0.29) is 5.75 Å². The summed E-state index contributed by atoms with van der Waals surface area (Å²) in [6.07, 6.45) is 1.86. The molecule has 2 N–H and O–H groups in total. The van der Waals surface area contributed by atoms with E-state index in [1.807, 2.05) is 30.5 Å². The zero-order chi connectivity index (χ0) is 13.2. The van der Waals surface area contributed by atoms with Crippen LogP contribution in [0.3, 0.4) is 0 Å². The lowest BCUT2D eigenvalue weighted by molar-refractivity contribution is 0.475. The second-order valence-corrected chi connectivity index (χ2v) is 5.02. The fraction of sp³-hybridized carbons (Fsp3) is 0.0769. The Morgan fingerprint density at radius 2 is 1.95 bits per heavy atom. The normalized spacial score (nSPS) is 10.8. The van der Waals surface area contributed by atoms with Crippen LogP contribution in [0, 0.1) is 0 Å². The summed E-state index contributed by atoms with van der Waals surface area (Å²) in [5, 5.41) is 16.7. The Labute approximate surface area is 118 Å². The van der Waals surface area contributed by atoms with Gasteiger partial charge in [-0.2, -0.15) is 4.98 Å². The number of pyridine rings is 1. The summed E-state index contributed by atoms with van der Waals surface area (Å²) in [4.78, 5) is 4.36. The molecule has 0 aliphatic rings. The Morgan fingerprint density at radius 1 is 1.16 bits per heavy atom. The van der Waals surface area contributed by atoms with Crippen molar-refractivity contribution in [1.29, 1.82) is 0 Å². The van der Waals surface area contributed by atoms with Crippen LogP contribution in [0.4, 0.5) is 5.95 Å². The number of aromatic nitrogens is 3. The molecule has 0 saturated carbocycles. The maximum Gasteiger partial charge on any atom is 0.243 e. The molecule has 3 aromatic rings. The van der Waals surface area contributed by atoms with E-state index in [9.17, 15) is 5.11 Å². The van der Waals surface area contributed by atoms with Crippen molar-refractivity contribution in [3.8, 4) is 5.75 Å². The van der Waals surface area contributed by atoms with Gasteiger partial charge in [0.2, 0.25) is 5.95 Å². The number of halogens is 1. The van der Waals surface area contributed by atoms with E-state index < -0.39 is 0 Å². The lowest BCUT2D eigenvalue weighted by atomic mass is 10.2. The Bertz CT molecular complexity index is 708. The van der Waals surface area contributed by atoms with Crippen LogP contribution >= 0.6 is 15.9 Å². The Morgan fingerprint density at radius 3 is 2.74 bits per heavy atom. The smallest absolute Gasteiger partial charge is 0.243 e. The molecule has 0 saturated heterocycles. The van der Waals surface area contributed by atoms with Gasteiger partial charge in [-0.3, -0.25) is 0 Å². The topological polar surface area (TPSA) is 62.5 Å². The van der Waals surface area contributed by atoms with E-state index in [4.69, 9.17) is 0 Å². The molecule has 2 aromatic heterocycles. The number of hydrogen-bond acceptors (Lipinski definition) is 4. The number of phenolic OH excluding ortho intramolecular Hbond substituents is 1. The molecule has 3 rings (SSSR count). The van der Waals surface area contributed by atoms with Crippen LogP contribution in [0.25, 0.3) is 5.65 Å². The molecule has 0 radical (unpaired) electrons. The van der Waals surface area contributed by atoms with E-state index in [2.05, 4.69) is 31.3 Å². The van der Waals surface area contributed by atoms with Gasteiger partial charge in [-0.15, -0.1) is 5.10 Å². The average molecular weight is 319 g/mol. The van der Waals surface area contributed by atoms with Gasteiger partial charge in [0.25, 0.3) is 0 Å². The van der Waals surface area contributed by atoms with Crippen LogP contribution < -0.4 is 5.32 Å². The Balaban J connectivity index is 1.76. The number of benzene rings is 1. The predicted octanol–water partition coefficient (Wildman–Crippen LogP) is 2.81. The summed E-state index contributed by atoms with van der Waals surface area (Å²) in [5.74, 6) is 0.839. The van der Waals surface area contributed by atoms with Crippen LogP contribution in [0.2, 0.25) is 0 Å². The zero-order valence-electron chi connectivity index (χ0n) is 9.92. The molecule has 0 bridgehead atoms. The van der Waals surface area contributed by atoms with Gasteiger partial charge in [-0.1, -0.05) is 12.1 Å². The number of anilines is 1. The molecule has 0 unspecified atom stereocenters. The molecule has 0 atom stereocenters. The maximum atomic E-state index is 9.21. The van der Waals surface area contributed by atoms with Crippen molar-refractivity contribution in [3.63, 3.8) is 0 Å². The minimum Gasteiger partial charge on any atom is -0.508 e.